The summed E-state index contributed by atoms with van der Waals surface area (Å²) in [4.78, 5) is 0. The Morgan fingerprint density at radius 2 is 1.85 bits per heavy atom. The number of fused-ring (bicyclic) bond motifs is 1. The van der Waals surface area contributed by atoms with Crippen molar-refractivity contribution in [1.29, 1.82) is 0 Å². The summed E-state index contributed by atoms with van der Waals surface area (Å²) in [6, 6.07) is 0. The fourth-order valence-electron chi connectivity index (χ4n) is 1.70. The van der Waals surface area contributed by atoms with Gasteiger partial charge in [-0.15, -0.1) is 0 Å². The van der Waals surface area contributed by atoms with Crippen LogP contribution in [0.2, 0.25) is 0 Å². The maximum absolute atomic E-state index is 10.1. The fourth-order valence-corrected chi connectivity index (χ4v) is 1.70. The average Bonchev–Trinajstić information content (AvgIpc) is 2.05. The second-order valence-electron chi connectivity index (χ2n) is 4.30. The van der Waals surface area contributed by atoms with Crippen molar-refractivity contribution in [2.45, 2.75) is 19.4 Å². The lowest BCUT2D eigenvalue weighted by Gasteiger charge is -2.32. The Kier molecular flexibility index (Phi) is 1.61. The maximum atomic E-state index is 10.1. The first-order valence-corrected chi connectivity index (χ1v) is 4.54. The van der Waals surface area contributed by atoms with E-state index in [4.69, 9.17) is 0 Å². The van der Waals surface area contributed by atoms with Crippen molar-refractivity contribution in [3.8, 4) is 0 Å². The average molecular weight is 174 g/mol. The predicted octanol–water partition coefficient (Wildman–Crippen LogP) is 2.37. The van der Waals surface area contributed by atoms with Gasteiger partial charge in [0.2, 0.25) is 0 Å². The summed E-state index contributed by atoms with van der Waals surface area (Å²) >= 11 is 0. The van der Waals surface area contributed by atoms with Crippen LogP contribution in [0.25, 0.3) is 0 Å². The molecule has 2 aliphatic carbocycles. The highest BCUT2D eigenvalue weighted by Crippen LogP contribution is 2.36. The van der Waals surface area contributed by atoms with Crippen LogP contribution in [-0.4, -0.2) is 10.7 Å². The highest BCUT2D eigenvalue weighted by atomic mass is 16.3. The first-order valence-electron chi connectivity index (χ1n) is 4.54. The summed E-state index contributed by atoms with van der Waals surface area (Å²) < 4.78 is 0. The molecule has 1 N–H and O–H groups in total. The second kappa shape index (κ2) is 2.46. The quantitative estimate of drug-likeness (QED) is 0.559. The van der Waals surface area contributed by atoms with Crippen LogP contribution in [0.15, 0.2) is 48.1 Å². The molecular weight excluding hydrogens is 160 g/mol. The lowest BCUT2D eigenvalue weighted by atomic mass is 9.76. The molecule has 0 saturated carbocycles. The molecule has 2 rings (SSSR count). The molecule has 0 heterocycles. The van der Waals surface area contributed by atoms with Gasteiger partial charge in [-0.3, -0.25) is 0 Å². The summed E-state index contributed by atoms with van der Waals surface area (Å²) in [6.07, 6.45) is 13.6. The molecule has 0 radical (unpaired) electrons. The highest BCUT2D eigenvalue weighted by molar-refractivity contribution is 5.48. The van der Waals surface area contributed by atoms with Crippen LogP contribution in [0.4, 0.5) is 0 Å². The van der Waals surface area contributed by atoms with Gasteiger partial charge in [-0.25, -0.2) is 0 Å². The van der Waals surface area contributed by atoms with Gasteiger partial charge in [0.05, 0.1) is 0 Å². The Hall–Kier alpha value is -1.08. The van der Waals surface area contributed by atoms with Gasteiger partial charge in [0, 0.05) is 5.41 Å². The lowest BCUT2D eigenvalue weighted by Crippen LogP contribution is -2.31. The molecule has 1 heteroatoms. The van der Waals surface area contributed by atoms with E-state index in [0.717, 1.165) is 5.57 Å². The van der Waals surface area contributed by atoms with E-state index in [-0.39, 0.29) is 5.41 Å². The molecular formula is C12H14O. The van der Waals surface area contributed by atoms with Crippen molar-refractivity contribution in [1.82, 2.24) is 0 Å². The number of rotatable bonds is 0. The zero-order chi connectivity index (χ0) is 9.53. The van der Waals surface area contributed by atoms with Gasteiger partial charge in [-0.05, 0) is 17.7 Å². The summed E-state index contributed by atoms with van der Waals surface area (Å²) in [7, 11) is 0. The molecule has 0 spiro atoms. The monoisotopic (exact) mass is 174 g/mol. The van der Waals surface area contributed by atoms with Crippen LogP contribution in [0, 0.1) is 5.41 Å². The Bertz CT molecular complexity index is 342. The van der Waals surface area contributed by atoms with E-state index in [1.807, 2.05) is 36.5 Å². The zero-order valence-electron chi connectivity index (χ0n) is 7.99. The van der Waals surface area contributed by atoms with Crippen molar-refractivity contribution in [2.24, 2.45) is 5.41 Å². The number of allylic oxidation sites excluding steroid dienone is 4. The molecule has 0 aromatic heterocycles. The first-order chi connectivity index (χ1) is 6.02. The van der Waals surface area contributed by atoms with E-state index in [1.165, 1.54) is 0 Å². The Labute approximate surface area is 78.8 Å². The molecule has 13 heavy (non-hydrogen) atoms. The van der Waals surface area contributed by atoms with Gasteiger partial charge < -0.3 is 5.11 Å². The third kappa shape index (κ3) is 1.40. The van der Waals surface area contributed by atoms with Gasteiger partial charge in [0.1, 0.15) is 5.60 Å². The minimum absolute atomic E-state index is 0.0527. The summed E-state index contributed by atoms with van der Waals surface area (Å²) in [5.74, 6) is 0. The summed E-state index contributed by atoms with van der Waals surface area (Å²) in [5.41, 5.74) is 0.170. The molecule has 1 unspecified atom stereocenters. The molecule has 0 aliphatic heterocycles. The molecule has 0 saturated heterocycles. The molecule has 68 valence electrons. The maximum Gasteiger partial charge on any atom is 0.126 e. The topological polar surface area (TPSA) is 20.2 Å². The van der Waals surface area contributed by atoms with Gasteiger partial charge in [0.25, 0.3) is 0 Å². The van der Waals surface area contributed by atoms with Crippen molar-refractivity contribution in [2.75, 3.05) is 0 Å². The molecule has 2 aliphatic rings. The van der Waals surface area contributed by atoms with Crippen LogP contribution in [-0.2, 0) is 0 Å². The zero-order valence-corrected chi connectivity index (χ0v) is 7.99. The molecule has 0 amide bonds. The van der Waals surface area contributed by atoms with E-state index in [0.29, 0.717) is 0 Å². The minimum Gasteiger partial charge on any atom is -0.377 e. The molecule has 1 atom stereocenters. The first kappa shape index (κ1) is 8.52. The van der Waals surface area contributed by atoms with E-state index in [2.05, 4.69) is 19.9 Å². The number of aliphatic hydroxyl groups is 1. The van der Waals surface area contributed by atoms with Gasteiger partial charge in [-0.1, -0.05) is 44.2 Å². The normalized spacial score (nSPS) is 34.2. The van der Waals surface area contributed by atoms with Crippen LogP contribution in [0.1, 0.15) is 13.8 Å². The molecule has 0 aromatic carbocycles. The highest BCUT2D eigenvalue weighted by Gasteiger charge is 2.31. The van der Waals surface area contributed by atoms with Gasteiger partial charge >= 0.3 is 0 Å². The predicted molar refractivity (Wildman–Crippen MR) is 54.2 cm³/mol. The smallest absolute Gasteiger partial charge is 0.126 e. The Morgan fingerprint density at radius 1 is 1.08 bits per heavy atom. The van der Waals surface area contributed by atoms with Crippen LogP contribution in [0.5, 0.6) is 0 Å². The summed E-state index contributed by atoms with van der Waals surface area (Å²) in [6.45, 7) is 4.25. The second-order valence-corrected chi connectivity index (χ2v) is 4.30. The van der Waals surface area contributed by atoms with E-state index in [9.17, 15) is 5.11 Å². The van der Waals surface area contributed by atoms with Crippen molar-refractivity contribution in [3.63, 3.8) is 0 Å². The van der Waals surface area contributed by atoms with E-state index in [1.54, 1.807) is 0 Å². The Morgan fingerprint density at radius 3 is 2.62 bits per heavy atom. The minimum atomic E-state index is -0.857. The fraction of sp³-hybridized carbons (Fsp3) is 0.333. The van der Waals surface area contributed by atoms with Gasteiger partial charge in [-0.2, -0.15) is 0 Å². The third-order valence-corrected chi connectivity index (χ3v) is 2.49. The van der Waals surface area contributed by atoms with Gasteiger partial charge in [0.15, 0.2) is 0 Å². The van der Waals surface area contributed by atoms with Crippen molar-refractivity contribution in [3.05, 3.63) is 48.1 Å². The summed E-state index contributed by atoms with van der Waals surface area (Å²) in [5, 5.41) is 10.1. The largest absolute Gasteiger partial charge is 0.377 e. The van der Waals surface area contributed by atoms with Crippen LogP contribution in [0.3, 0.4) is 0 Å². The van der Waals surface area contributed by atoms with Crippen LogP contribution >= 0.6 is 0 Å². The lowest BCUT2D eigenvalue weighted by molar-refractivity contribution is 0.178. The number of hydrogen-bond acceptors (Lipinski definition) is 1. The standard InChI is InChI=1S/C12H14O/c1-11(2)7-8-12(13)6-4-3-5-10(12)9-11/h3-9,13H,1-2H3. The molecule has 1 nitrogen and oxygen atoms in total. The third-order valence-electron chi connectivity index (χ3n) is 2.49. The van der Waals surface area contributed by atoms with E-state index >= 15 is 0 Å². The SMILES string of the molecule is CC1(C)C=CC2(O)C=CC=CC2=C1. The Balaban J connectivity index is 2.47. The van der Waals surface area contributed by atoms with Crippen molar-refractivity contribution < 1.29 is 5.11 Å². The van der Waals surface area contributed by atoms with E-state index < -0.39 is 5.60 Å². The van der Waals surface area contributed by atoms with Crippen molar-refractivity contribution >= 4 is 0 Å². The number of hydrogen-bond donors (Lipinski definition) is 1. The molecule has 0 fully saturated rings. The van der Waals surface area contributed by atoms with Crippen LogP contribution < -0.4 is 0 Å². The molecule has 0 aromatic rings. The molecule has 0 bridgehead atoms.